The van der Waals surface area contributed by atoms with Crippen LogP contribution in [-0.4, -0.2) is 50.5 Å². The van der Waals surface area contributed by atoms with Gasteiger partial charge < -0.3 is 21.8 Å². The minimum absolute atomic E-state index is 0.111. The molecule has 0 radical (unpaired) electrons. The number of aromatic amines is 1. The fourth-order valence-corrected chi connectivity index (χ4v) is 6.01. The minimum atomic E-state index is -1.46. The van der Waals surface area contributed by atoms with E-state index in [2.05, 4.69) is 25.9 Å². The van der Waals surface area contributed by atoms with E-state index in [0.717, 1.165) is 48.1 Å². The number of hydrogen-bond donors (Lipinski definition) is 7. The molecule has 11 nitrogen and oxygen atoms in total. The molecule has 4 rings (SSSR count). The number of fused-ring (bicyclic) bond motifs is 1. The molecule has 2 atom stereocenters. The molecule has 32 heavy (non-hydrogen) atoms. The molecule has 1 saturated heterocycles. The monoisotopic (exact) mass is 474 g/mol. The number of nitrogen functional groups attached to an aromatic ring is 1. The lowest BCUT2D eigenvalue weighted by atomic mass is 9.97. The van der Waals surface area contributed by atoms with Crippen LogP contribution in [0.2, 0.25) is 0 Å². The number of nitrogens with two attached hydrogens (primary N) is 4. The second-order valence-electron chi connectivity index (χ2n) is 7.33. The highest BCUT2D eigenvalue weighted by Gasteiger charge is 2.28. The molecule has 1 fully saturated rings. The predicted octanol–water partition coefficient (Wildman–Crippen LogP) is 0.178. The number of nitrogens with one attached hydrogen (secondary N) is 3. The van der Waals surface area contributed by atoms with E-state index in [1.165, 1.54) is 0 Å². The summed E-state index contributed by atoms with van der Waals surface area (Å²) in [6.45, 7) is 1.68. The summed E-state index contributed by atoms with van der Waals surface area (Å²) in [4.78, 5) is 8.55. The Hall–Kier alpha value is -2.68. The van der Waals surface area contributed by atoms with Crippen molar-refractivity contribution in [3.05, 3.63) is 35.9 Å². The molecule has 170 valence electrons. The fourth-order valence-electron chi connectivity index (χ4n) is 3.93. The van der Waals surface area contributed by atoms with E-state index >= 15 is 0 Å². The van der Waals surface area contributed by atoms with Gasteiger partial charge in [0.25, 0.3) is 0 Å². The maximum Gasteiger partial charge on any atom is 0.198 e. The van der Waals surface area contributed by atoms with Crippen LogP contribution in [0.4, 0.5) is 5.95 Å². The lowest BCUT2D eigenvalue weighted by molar-refractivity contribution is 0.414. The van der Waals surface area contributed by atoms with Gasteiger partial charge in [0.1, 0.15) is 11.0 Å². The molecule has 0 amide bonds. The molecule has 1 aliphatic rings. The van der Waals surface area contributed by atoms with Crippen molar-refractivity contribution in [3.8, 4) is 11.1 Å². The Morgan fingerprint density at radius 3 is 2.84 bits per heavy atom. The topological polar surface area (TPSA) is 189 Å². The summed E-state index contributed by atoms with van der Waals surface area (Å²) in [5.41, 5.74) is 17.9. The van der Waals surface area contributed by atoms with Crippen molar-refractivity contribution in [2.45, 2.75) is 22.3 Å². The van der Waals surface area contributed by atoms with E-state index in [0.29, 0.717) is 26.8 Å². The number of likely N-dealkylation sites (N-methyl/N-ethyl adjacent to an activating group) is 1. The number of hydrazine groups is 1. The van der Waals surface area contributed by atoms with Crippen molar-refractivity contribution in [2.75, 3.05) is 25.9 Å². The number of para-hydroxylation sites is 1. The van der Waals surface area contributed by atoms with E-state index in [-0.39, 0.29) is 11.9 Å². The van der Waals surface area contributed by atoms with E-state index in [1.54, 1.807) is 6.07 Å². The Labute approximate surface area is 192 Å². The number of hydrogen-bond acceptors (Lipinski definition) is 9. The quantitative estimate of drug-likeness (QED) is 0.0823. The number of hydrazone groups is 1. The van der Waals surface area contributed by atoms with Gasteiger partial charge in [-0.05, 0) is 42.6 Å². The van der Waals surface area contributed by atoms with Crippen LogP contribution < -0.4 is 33.3 Å². The van der Waals surface area contributed by atoms with Crippen LogP contribution in [0.25, 0.3) is 22.2 Å². The van der Waals surface area contributed by atoms with Gasteiger partial charge in [0.05, 0.1) is 20.8 Å². The Balaban J connectivity index is 1.92. The Morgan fingerprint density at radius 1 is 1.34 bits per heavy atom. The number of amidine groups is 1. The van der Waals surface area contributed by atoms with Crippen molar-refractivity contribution in [3.63, 3.8) is 0 Å². The standard InChI is InChI=1S/C19H26N10OS2/c1-29(10-7-8-24-9-10)32(30)14-6-5-11(15(17(14)31-23)18(20)27-28-22)12-3-2-4-13-16(12)26-19(21)25-13/h2-6,10,24,28H,7-9,22-23H2,1H3,(H2,20,27)(H3,21,25,26). The fraction of sp³-hybridized carbons (Fsp3) is 0.263. The van der Waals surface area contributed by atoms with Gasteiger partial charge in [-0.3, -0.25) is 5.14 Å². The number of benzene rings is 2. The van der Waals surface area contributed by atoms with Crippen LogP contribution in [-0.2, 0) is 11.0 Å². The molecule has 1 aromatic heterocycles. The molecule has 1 aliphatic heterocycles. The first-order chi connectivity index (χ1) is 15.5. The number of imidazole rings is 1. The van der Waals surface area contributed by atoms with Crippen molar-refractivity contribution >= 4 is 45.8 Å². The zero-order chi connectivity index (χ0) is 22.8. The molecule has 0 aliphatic carbocycles. The lowest BCUT2D eigenvalue weighted by Crippen LogP contribution is -2.35. The minimum Gasteiger partial charge on any atom is -0.382 e. The summed E-state index contributed by atoms with van der Waals surface area (Å²) in [5, 5.41) is 13.4. The molecule has 3 aromatic rings. The highest BCUT2D eigenvalue weighted by atomic mass is 32.2. The second-order valence-corrected chi connectivity index (χ2v) is 9.48. The van der Waals surface area contributed by atoms with Crippen molar-refractivity contribution in [1.82, 2.24) is 25.1 Å². The highest BCUT2D eigenvalue weighted by molar-refractivity contribution is 7.97. The third-order valence-electron chi connectivity index (χ3n) is 5.50. The van der Waals surface area contributed by atoms with E-state index < -0.39 is 11.0 Å². The molecule has 0 spiro atoms. The van der Waals surface area contributed by atoms with Gasteiger partial charge in [-0.15, -0.1) is 5.10 Å². The molecule has 0 saturated carbocycles. The first-order valence-corrected chi connectivity index (χ1v) is 11.9. The van der Waals surface area contributed by atoms with Gasteiger partial charge in [0.15, 0.2) is 11.8 Å². The molecule has 2 heterocycles. The third-order valence-corrected chi connectivity index (χ3v) is 7.83. The molecule has 2 aromatic carbocycles. The van der Waals surface area contributed by atoms with Gasteiger partial charge in [-0.1, -0.05) is 18.2 Å². The van der Waals surface area contributed by atoms with Crippen LogP contribution >= 0.6 is 11.9 Å². The number of anilines is 1. The number of H-pyrrole nitrogens is 1. The lowest BCUT2D eigenvalue weighted by Gasteiger charge is -2.24. The molecule has 11 N–H and O–H groups in total. The zero-order valence-electron chi connectivity index (χ0n) is 17.5. The Bertz CT molecular complexity index is 1190. The smallest absolute Gasteiger partial charge is 0.198 e. The maximum atomic E-state index is 13.5. The average Bonchev–Trinajstić information content (AvgIpc) is 3.46. The van der Waals surface area contributed by atoms with E-state index in [4.69, 9.17) is 22.4 Å². The normalized spacial score (nSPS) is 17.9. The van der Waals surface area contributed by atoms with Crippen molar-refractivity contribution in [2.24, 2.45) is 21.8 Å². The summed E-state index contributed by atoms with van der Waals surface area (Å²) in [7, 11) is 0.386. The largest absolute Gasteiger partial charge is 0.382 e. The van der Waals surface area contributed by atoms with Crippen molar-refractivity contribution in [1.29, 1.82) is 0 Å². The van der Waals surface area contributed by atoms with Gasteiger partial charge >= 0.3 is 0 Å². The van der Waals surface area contributed by atoms with E-state index in [9.17, 15) is 4.21 Å². The second kappa shape index (κ2) is 9.44. The highest BCUT2D eigenvalue weighted by Crippen LogP contribution is 2.37. The number of rotatable bonds is 7. The summed E-state index contributed by atoms with van der Waals surface area (Å²) in [6.07, 6.45) is 0.918. The molecule has 2 unspecified atom stereocenters. The summed E-state index contributed by atoms with van der Waals surface area (Å²) in [5.74, 6) is 5.82. The molecule has 13 heteroatoms. The van der Waals surface area contributed by atoms with Gasteiger partial charge in [-0.25, -0.2) is 24.9 Å². The Morgan fingerprint density at radius 2 is 2.16 bits per heavy atom. The maximum absolute atomic E-state index is 13.5. The van der Waals surface area contributed by atoms with Crippen LogP contribution in [0.3, 0.4) is 0 Å². The summed E-state index contributed by atoms with van der Waals surface area (Å²) in [6, 6.07) is 9.49. The third kappa shape index (κ3) is 4.05. The van der Waals surface area contributed by atoms with Crippen LogP contribution in [0, 0.1) is 0 Å². The number of nitrogens with zero attached hydrogens (tertiary/aromatic N) is 3. The van der Waals surface area contributed by atoms with Gasteiger partial charge in [0.2, 0.25) is 0 Å². The molecular formula is C19H26N10OS2. The summed E-state index contributed by atoms with van der Waals surface area (Å²) >= 11 is 0.966. The Kier molecular flexibility index (Phi) is 6.64. The van der Waals surface area contributed by atoms with Gasteiger partial charge in [0, 0.05) is 30.8 Å². The number of aromatic nitrogens is 2. The summed E-state index contributed by atoms with van der Waals surface area (Å²) < 4.78 is 15.3. The van der Waals surface area contributed by atoms with Crippen molar-refractivity contribution < 1.29 is 4.21 Å². The zero-order valence-corrected chi connectivity index (χ0v) is 19.1. The average molecular weight is 475 g/mol. The predicted molar refractivity (Wildman–Crippen MR) is 129 cm³/mol. The molecule has 0 bridgehead atoms. The first kappa shape index (κ1) is 22.5. The van der Waals surface area contributed by atoms with Crippen LogP contribution in [0.15, 0.2) is 45.2 Å². The van der Waals surface area contributed by atoms with Crippen LogP contribution in [0.5, 0.6) is 0 Å². The SMILES string of the molecule is CN(C1CCNC1)S(=O)c1ccc(-c2cccc3[nH]c(N)nc23)c(/C(N)=N/NN)c1SN. The van der Waals surface area contributed by atoms with E-state index in [1.807, 2.05) is 35.6 Å². The van der Waals surface area contributed by atoms with Gasteiger partial charge in [-0.2, -0.15) is 0 Å². The van der Waals surface area contributed by atoms with Crippen LogP contribution in [0.1, 0.15) is 12.0 Å². The molecular weight excluding hydrogens is 448 g/mol. The first-order valence-electron chi connectivity index (χ1n) is 9.89.